The van der Waals surface area contributed by atoms with Crippen LogP contribution in [0.5, 0.6) is 5.75 Å². The second-order valence-corrected chi connectivity index (χ2v) is 5.18. The van der Waals surface area contributed by atoms with Crippen LogP contribution in [0.2, 0.25) is 0 Å². The van der Waals surface area contributed by atoms with Crippen molar-refractivity contribution in [2.75, 3.05) is 0 Å². The Morgan fingerprint density at radius 1 is 1.09 bits per heavy atom. The van der Waals surface area contributed by atoms with Crippen molar-refractivity contribution in [3.63, 3.8) is 0 Å². The number of benzene rings is 2. The highest BCUT2D eigenvalue weighted by Crippen LogP contribution is 2.35. The van der Waals surface area contributed by atoms with E-state index in [4.69, 9.17) is 9.26 Å². The molecule has 0 aliphatic carbocycles. The first-order chi connectivity index (χ1) is 11.1. The fourth-order valence-corrected chi connectivity index (χ4v) is 2.32. The van der Waals surface area contributed by atoms with Gasteiger partial charge in [-0.25, -0.2) is 4.79 Å². The molecule has 3 aromatic rings. The van der Waals surface area contributed by atoms with Gasteiger partial charge in [0.15, 0.2) is 5.76 Å². The average molecular weight is 309 g/mol. The maximum absolute atomic E-state index is 11.9. The fourth-order valence-electron chi connectivity index (χ4n) is 2.32. The van der Waals surface area contributed by atoms with E-state index in [-0.39, 0.29) is 0 Å². The smallest absolute Gasteiger partial charge is 0.352 e. The van der Waals surface area contributed by atoms with Crippen LogP contribution in [-0.2, 0) is 10.4 Å². The number of carbonyl (C=O) groups is 1. The van der Waals surface area contributed by atoms with Crippen molar-refractivity contribution in [3.05, 3.63) is 72.4 Å². The third-order valence-corrected chi connectivity index (χ3v) is 3.64. The number of aromatic nitrogens is 1. The van der Waals surface area contributed by atoms with E-state index in [9.17, 15) is 9.90 Å². The first-order valence-corrected chi connectivity index (χ1v) is 7.09. The Hall–Kier alpha value is -3.08. The van der Waals surface area contributed by atoms with Crippen LogP contribution >= 0.6 is 0 Å². The molecule has 1 unspecified atom stereocenters. The Balaban J connectivity index is 2.05. The third-order valence-electron chi connectivity index (χ3n) is 3.64. The summed E-state index contributed by atoms with van der Waals surface area (Å²) in [5, 5.41) is 13.4. The van der Waals surface area contributed by atoms with E-state index in [2.05, 4.69) is 5.16 Å². The molecule has 0 aliphatic heterocycles. The molecule has 3 rings (SSSR count). The Morgan fingerprint density at radius 2 is 1.78 bits per heavy atom. The van der Waals surface area contributed by atoms with Crippen molar-refractivity contribution < 1.29 is 19.2 Å². The molecule has 116 valence electrons. The van der Waals surface area contributed by atoms with Gasteiger partial charge in [-0.2, -0.15) is 0 Å². The van der Waals surface area contributed by atoms with E-state index in [0.29, 0.717) is 22.6 Å². The number of nitrogens with zero attached hydrogens (tertiary/aromatic N) is 1. The zero-order valence-electron chi connectivity index (χ0n) is 12.5. The van der Waals surface area contributed by atoms with Gasteiger partial charge in [-0.3, -0.25) is 0 Å². The van der Waals surface area contributed by atoms with E-state index in [1.165, 1.54) is 13.1 Å². The number of rotatable bonds is 5. The Morgan fingerprint density at radius 3 is 2.43 bits per heavy atom. The molecule has 5 heteroatoms. The van der Waals surface area contributed by atoms with E-state index < -0.39 is 11.6 Å². The molecule has 1 heterocycles. The number of carboxylic acid groups (broad SMARTS) is 1. The lowest BCUT2D eigenvalue weighted by Crippen LogP contribution is -2.38. The van der Waals surface area contributed by atoms with Crippen molar-refractivity contribution in [1.82, 2.24) is 5.16 Å². The Kier molecular flexibility index (Phi) is 3.85. The fraction of sp³-hybridized carbons (Fsp3) is 0.111. The predicted octanol–water partition coefficient (Wildman–Crippen LogP) is 3.72. The summed E-state index contributed by atoms with van der Waals surface area (Å²) in [6.07, 6.45) is 1.53. The van der Waals surface area contributed by atoms with E-state index in [1.807, 2.05) is 12.1 Å². The number of hydrogen-bond donors (Lipinski definition) is 1. The Labute approximate surface area is 133 Å². The topological polar surface area (TPSA) is 72.6 Å². The van der Waals surface area contributed by atoms with Gasteiger partial charge in [0.05, 0.1) is 11.8 Å². The lowest BCUT2D eigenvalue weighted by atomic mass is 9.95. The van der Waals surface area contributed by atoms with Crippen molar-refractivity contribution >= 4 is 5.97 Å². The van der Waals surface area contributed by atoms with Gasteiger partial charge in [0.25, 0.3) is 0 Å². The molecular weight excluding hydrogens is 294 g/mol. The summed E-state index contributed by atoms with van der Waals surface area (Å²) < 4.78 is 11.1. The molecule has 2 aromatic carbocycles. The Bertz CT molecular complexity index is 799. The van der Waals surface area contributed by atoms with E-state index in [1.54, 1.807) is 48.5 Å². The van der Waals surface area contributed by atoms with Gasteiger partial charge >= 0.3 is 5.97 Å². The summed E-state index contributed by atoms with van der Waals surface area (Å²) in [4.78, 5) is 11.9. The summed E-state index contributed by atoms with van der Waals surface area (Å²) in [6, 6.07) is 17.6. The minimum atomic E-state index is -1.52. The molecule has 1 N–H and O–H groups in total. The molecule has 23 heavy (non-hydrogen) atoms. The van der Waals surface area contributed by atoms with Gasteiger partial charge in [-0.15, -0.1) is 0 Å². The largest absolute Gasteiger partial charge is 0.478 e. The average Bonchev–Trinajstić information content (AvgIpc) is 3.10. The first-order valence-electron chi connectivity index (χ1n) is 7.09. The maximum Gasteiger partial charge on any atom is 0.352 e. The van der Waals surface area contributed by atoms with Crippen molar-refractivity contribution in [1.29, 1.82) is 0 Å². The molecule has 0 saturated heterocycles. The van der Waals surface area contributed by atoms with Gasteiger partial charge in [-0.05, 0) is 19.1 Å². The van der Waals surface area contributed by atoms with Crippen molar-refractivity contribution in [2.45, 2.75) is 12.5 Å². The van der Waals surface area contributed by atoms with Crippen LogP contribution in [0.25, 0.3) is 11.3 Å². The van der Waals surface area contributed by atoms with Crippen molar-refractivity contribution in [2.24, 2.45) is 0 Å². The van der Waals surface area contributed by atoms with Gasteiger partial charge in [-0.1, -0.05) is 47.6 Å². The summed E-state index contributed by atoms with van der Waals surface area (Å²) >= 11 is 0. The lowest BCUT2D eigenvalue weighted by Gasteiger charge is -2.27. The quantitative estimate of drug-likeness (QED) is 0.777. The highest BCUT2D eigenvalue weighted by atomic mass is 16.5. The zero-order valence-corrected chi connectivity index (χ0v) is 12.5. The predicted molar refractivity (Wildman–Crippen MR) is 84.0 cm³/mol. The number of ether oxygens (including phenoxy) is 1. The highest BCUT2D eigenvalue weighted by Gasteiger charge is 2.38. The van der Waals surface area contributed by atoms with Gasteiger partial charge < -0.3 is 14.4 Å². The van der Waals surface area contributed by atoms with Crippen LogP contribution < -0.4 is 4.74 Å². The summed E-state index contributed by atoms with van der Waals surface area (Å²) in [5.41, 5.74) is -0.314. The van der Waals surface area contributed by atoms with Crippen LogP contribution in [0.1, 0.15) is 12.5 Å². The number of carboxylic acids is 1. The molecule has 1 aromatic heterocycles. The van der Waals surface area contributed by atoms with Gasteiger partial charge in [0.1, 0.15) is 5.75 Å². The standard InChI is InChI=1S/C18H15NO4/c1-18(17(20)21,13-7-3-2-4-8-13)22-15-10-6-5-9-14(15)16-11-12-19-23-16/h2-12H,1H3,(H,20,21). The van der Waals surface area contributed by atoms with Gasteiger partial charge in [0.2, 0.25) is 5.60 Å². The number of para-hydroxylation sites is 1. The molecule has 0 spiro atoms. The second kappa shape index (κ2) is 5.96. The van der Waals surface area contributed by atoms with E-state index >= 15 is 0 Å². The molecule has 0 amide bonds. The molecule has 0 bridgehead atoms. The number of aliphatic carboxylic acids is 1. The maximum atomic E-state index is 11.9. The molecule has 5 nitrogen and oxygen atoms in total. The summed E-state index contributed by atoms with van der Waals surface area (Å²) in [6.45, 7) is 1.53. The van der Waals surface area contributed by atoms with Crippen LogP contribution in [-0.4, -0.2) is 16.2 Å². The summed E-state index contributed by atoms with van der Waals surface area (Å²) in [5.74, 6) is -0.143. The minimum absolute atomic E-state index is 0.415. The molecule has 0 aliphatic rings. The molecular formula is C18H15NO4. The third kappa shape index (κ3) is 2.81. The zero-order chi connectivity index (χ0) is 16.3. The molecule has 0 fully saturated rings. The second-order valence-electron chi connectivity index (χ2n) is 5.18. The molecule has 0 saturated carbocycles. The minimum Gasteiger partial charge on any atom is -0.478 e. The molecule has 1 atom stereocenters. The van der Waals surface area contributed by atoms with Crippen LogP contribution in [0.4, 0.5) is 0 Å². The van der Waals surface area contributed by atoms with Crippen LogP contribution in [0.3, 0.4) is 0 Å². The van der Waals surface area contributed by atoms with Gasteiger partial charge in [0, 0.05) is 11.6 Å². The normalized spacial score (nSPS) is 13.3. The van der Waals surface area contributed by atoms with Crippen LogP contribution in [0, 0.1) is 0 Å². The highest BCUT2D eigenvalue weighted by molar-refractivity contribution is 5.80. The monoisotopic (exact) mass is 309 g/mol. The lowest BCUT2D eigenvalue weighted by molar-refractivity contribution is -0.154. The molecule has 0 radical (unpaired) electrons. The summed E-state index contributed by atoms with van der Waals surface area (Å²) in [7, 11) is 0. The first kappa shape index (κ1) is 14.8. The van der Waals surface area contributed by atoms with Crippen LogP contribution in [0.15, 0.2) is 71.4 Å². The van der Waals surface area contributed by atoms with E-state index in [0.717, 1.165) is 0 Å². The number of hydrogen-bond acceptors (Lipinski definition) is 4. The SMILES string of the molecule is CC(Oc1ccccc1-c1ccno1)(C(=O)O)c1ccccc1. The van der Waals surface area contributed by atoms with Crippen molar-refractivity contribution in [3.8, 4) is 17.1 Å².